The van der Waals surface area contributed by atoms with Crippen LogP contribution in [0.25, 0.3) is 43.9 Å². The minimum absolute atomic E-state index is 0.671. The van der Waals surface area contributed by atoms with Gasteiger partial charge in [0.1, 0.15) is 22.3 Å². The van der Waals surface area contributed by atoms with Crippen molar-refractivity contribution < 1.29 is 8.83 Å². The number of nitrogens with zero attached hydrogens (tertiary/aromatic N) is 2. The molecule has 47 heavy (non-hydrogen) atoms. The van der Waals surface area contributed by atoms with Gasteiger partial charge in [-0.25, -0.2) is 0 Å². The molecule has 0 fully saturated rings. The van der Waals surface area contributed by atoms with Gasteiger partial charge in [-0.3, -0.25) is 0 Å². The van der Waals surface area contributed by atoms with Gasteiger partial charge in [0, 0.05) is 60.7 Å². The van der Waals surface area contributed by atoms with Crippen molar-refractivity contribution in [3.63, 3.8) is 0 Å². The molecule has 0 atom stereocenters. The molecule has 2 heterocycles. The summed E-state index contributed by atoms with van der Waals surface area (Å²) in [5, 5.41) is 5.00. The molecule has 0 saturated carbocycles. The van der Waals surface area contributed by atoms with Crippen LogP contribution in [0.3, 0.4) is 0 Å². The predicted octanol–water partition coefficient (Wildman–Crippen LogP) is 13.1. The van der Waals surface area contributed by atoms with Gasteiger partial charge in [-0.1, -0.05) is 78.3 Å². The number of halogens is 1. The largest absolute Gasteiger partial charge is 0.456 e. The fourth-order valence-corrected chi connectivity index (χ4v) is 6.75. The van der Waals surface area contributed by atoms with Crippen molar-refractivity contribution in [2.45, 2.75) is 0 Å². The number of benzene rings is 7. The zero-order valence-electron chi connectivity index (χ0n) is 25.2. The fraction of sp³-hybridized carbons (Fsp3) is 0. The van der Waals surface area contributed by atoms with Gasteiger partial charge >= 0.3 is 0 Å². The summed E-state index contributed by atoms with van der Waals surface area (Å²) < 4.78 is 12.3. The molecule has 0 aliphatic rings. The van der Waals surface area contributed by atoms with Crippen molar-refractivity contribution in [2.24, 2.45) is 0 Å². The standard InChI is InChI=1S/C42H27ClN2O2/c43-28-10-8-13-30(24-28)45(34-21-23-42-38(27-34)36-17-5-7-19-40(36)47-42)32-15-9-14-31(25-32)44(29-11-2-1-3-12-29)33-20-22-41-37(26-33)35-16-4-6-18-39(35)46-41/h1-27H. The first-order valence-corrected chi connectivity index (χ1v) is 15.9. The Morgan fingerprint density at radius 1 is 0.319 bits per heavy atom. The number of fused-ring (bicyclic) bond motifs is 6. The molecule has 0 saturated heterocycles. The van der Waals surface area contributed by atoms with Crippen LogP contribution in [0.2, 0.25) is 5.02 Å². The second kappa shape index (κ2) is 11.1. The molecule has 0 aliphatic carbocycles. The first-order valence-electron chi connectivity index (χ1n) is 15.5. The van der Waals surface area contributed by atoms with Gasteiger partial charge in [-0.2, -0.15) is 0 Å². The summed E-state index contributed by atoms with van der Waals surface area (Å²) in [7, 11) is 0. The normalized spacial score (nSPS) is 11.5. The average Bonchev–Trinajstić information content (AvgIpc) is 3.67. The summed E-state index contributed by atoms with van der Waals surface area (Å²) in [5.74, 6) is 0. The van der Waals surface area contributed by atoms with E-state index in [-0.39, 0.29) is 0 Å². The Hall–Kier alpha value is -5.97. The molecular weight excluding hydrogens is 600 g/mol. The Bertz CT molecular complexity index is 2570. The number of anilines is 6. The average molecular weight is 627 g/mol. The molecule has 9 rings (SSSR count). The van der Waals surface area contributed by atoms with E-state index in [2.05, 4.69) is 113 Å². The molecule has 0 bridgehead atoms. The molecule has 5 heteroatoms. The fourth-order valence-electron chi connectivity index (χ4n) is 6.56. The van der Waals surface area contributed by atoms with Gasteiger partial charge in [0.05, 0.1) is 0 Å². The molecule has 0 spiro atoms. The first-order chi connectivity index (χ1) is 23.2. The van der Waals surface area contributed by atoms with Crippen molar-refractivity contribution in [3.05, 3.63) is 169 Å². The highest BCUT2D eigenvalue weighted by atomic mass is 35.5. The van der Waals surface area contributed by atoms with Crippen LogP contribution in [0.1, 0.15) is 0 Å². The van der Waals surface area contributed by atoms with Crippen LogP contribution >= 0.6 is 11.6 Å². The highest BCUT2D eigenvalue weighted by Gasteiger charge is 2.20. The maximum Gasteiger partial charge on any atom is 0.135 e. The molecule has 224 valence electrons. The van der Waals surface area contributed by atoms with E-state index in [4.69, 9.17) is 20.4 Å². The third-order valence-electron chi connectivity index (χ3n) is 8.66. The molecular formula is C42H27ClN2O2. The molecule has 0 unspecified atom stereocenters. The van der Waals surface area contributed by atoms with E-state index in [1.807, 2.05) is 60.7 Å². The summed E-state index contributed by atoms with van der Waals surface area (Å²) in [5.41, 5.74) is 9.53. The predicted molar refractivity (Wildman–Crippen MR) is 195 cm³/mol. The second-order valence-electron chi connectivity index (χ2n) is 11.6. The van der Waals surface area contributed by atoms with E-state index in [0.717, 1.165) is 78.0 Å². The van der Waals surface area contributed by atoms with E-state index < -0.39 is 0 Å². The van der Waals surface area contributed by atoms with Gasteiger partial charge in [-0.15, -0.1) is 0 Å². The van der Waals surface area contributed by atoms with E-state index in [0.29, 0.717) is 5.02 Å². The van der Waals surface area contributed by atoms with Crippen LogP contribution in [0.4, 0.5) is 34.1 Å². The Balaban J connectivity index is 1.23. The molecule has 7 aromatic carbocycles. The van der Waals surface area contributed by atoms with Crippen LogP contribution in [-0.4, -0.2) is 0 Å². The van der Waals surface area contributed by atoms with Crippen molar-refractivity contribution in [1.82, 2.24) is 0 Å². The van der Waals surface area contributed by atoms with Gasteiger partial charge in [0.15, 0.2) is 0 Å². The first kappa shape index (κ1) is 27.3. The smallest absolute Gasteiger partial charge is 0.135 e. The zero-order valence-corrected chi connectivity index (χ0v) is 25.9. The lowest BCUT2D eigenvalue weighted by atomic mass is 10.1. The molecule has 4 nitrogen and oxygen atoms in total. The third-order valence-corrected chi connectivity index (χ3v) is 8.90. The van der Waals surface area contributed by atoms with Crippen LogP contribution in [0.15, 0.2) is 173 Å². The number of hydrogen-bond acceptors (Lipinski definition) is 4. The highest BCUT2D eigenvalue weighted by molar-refractivity contribution is 6.30. The third kappa shape index (κ3) is 4.78. The maximum absolute atomic E-state index is 6.58. The Kier molecular flexibility index (Phi) is 6.47. The van der Waals surface area contributed by atoms with Gasteiger partial charge in [0.2, 0.25) is 0 Å². The lowest BCUT2D eigenvalue weighted by Gasteiger charge is -2.29. The number of para-hydroxylation sites is 3. The quantitative estimate of drug-likeness (QED) is 0.184. The minimum atomic E-state index is 0.671. The molecule has 2 aromatic heterocycles. The number of rotatable bonds is 6. The summed E-state index contributed by atoms with van der Waals surface area (Å²) >= 11 is 6.58. The molecule has 0 radical (unpaired) electrons. The highest BCUT2D eigenvalue weighted by Crippen LogP contribution is 2.43. The molecule has 0 N–H and O–H groups in total. The molecule has 0 amide bonds. The summed E-state index contributed by atoms with van der Waals surface area (Å²) in [6.07, 6.45) is 0. The number of furan rings is 2. The summed E-state index contributed by atoms with van der Waals surface area (Å²) in [6.45, 7) is 0. The molecule has 0 aliphatic heterocycles. The van der Waals surface area contributed by atoms with Crippen LogP contribution < -0.4 is 9.80 Å². The van der Waals surface area contributed by atoms with Crippen LogP contribution in [0, 0.1) is 0 Å². The topological polar surface area (TPSA) is 32.8 Å². The van der Waals surface area contributed by atoms with Crippen molar-refractivity contribution in [1.29, 1.82) is 0 Å². The Morgan fingerprint density at radius 3 is 1.32 bits per heavy atom. The Labute approximate surface area is 276 Å². The van der Waals surface area contributed by atoms with Crippen LogP contribution in [-0.2, 0) is 0 Å². The van der Waals surface area contributed by atoms with E-state index in [1.54, 1.807) is 0 Å². The monoisotopic (exact) mass is 626 g/mol. The maximum atomic E-state index is 6.58. The summed E-state index contributed by atoms with van der Waals surface area (Å²) in [6, 6.07) is 56.1. The van der Waals surface area contributed by atoms with Gasteiger partial charge < -0.3 is 18.6 Å². The van der Waals surface area contributed by atoms with Crippen molar-refractivity contribution in [2.75, 3.05) is 9.80 Å². The zero-order chi connectivity index (χ0) is 31.3. The van der Waals surface area contributed by atoms with Gasteiger partial charge in [-0.05, 0) is 97.1 Å². The Morgan fingerprint density at radius 2 is 0.745 bits per heavy atom. The van der Waals surface area contributed by atoms with Gasteiger partial charge in [0.25, 0.3) is 0 Å². The lowest BCUT2D eigenvalue weighted by Crippen LogP contribution is -2.13. The van der Waals surface area contributed by atoms with Crippen molar-refractivity contribution in [3.8, 4) is 0 Å². The van der Waals surface area contributed by atoms with E-state index >= 15 is 0 Å². The minimum Gasteiger partial charge on any atom is -0.456 e. The van der Waals surface area contributed by atoms with Crippen LogP contribution in [0.5, 0.6) is 0 Å². The number of hydrogen-bond donors (Lipinski definition) is 0. The second-order valence-corrected chi connectivity index (χ2v) is 12.0. The van der Waals surface area contributed by atoms with E-state index in [9.17, 15) is 0 Å². The summed E-state index contributed by atoms with van der Waals surface area (Å²) in [4.78, 5) is 4.53. The van der Waals surface area contributed by atoms with E-state index in [1.165, 1.54) is 0 Å². The molecule has 9 aromatic rings. The van der Waals surface area contributed by atoms with Crippen molar-refractivity contribution >= 4 is 89.6 Å². The SMILES string of the molecule is Clc1cccc(N(c2cccc(N(c3ccccc3)c3ccc4oc5ccccc5c4c3)c2)c2ccc3oc4ccccc4c3c2)c1. The lowest BCUT2D eigenvalue weighted by molar-refractivity contribution is 0.668.